The molecule has 0 aliphatic heterocycles. The van der Waals surface area contributed by atoms with Gasteiger partial charge in [0.2, 0.25) is 5.89 Å². The number of imidazole rings is 1. The van der Waals surface area contributed by atoms with E-state index in [1.165, 1.54) is 6.33 Å². The monoisotopic (exact) mass is 277 g/mol. The molecule has 0 aliphatic carbocycles. The molecule has 8 nitrogen and oxygen atoms in total. The van der Waals surface area contributed by atoms with Crippen LogP contribution in [0.4, 0.5) is 5.82 Å². The zero-order valence-corrected chi connectivity index (χ0v) is 10.9. The average molecular weight is 277 g/mol. The summed E-state index contributed by atoms with van der Waals surface area (Å²) >= 11 is 1.65. The summed E-state index contributed by atoms with van der Waals surface area (Å²) in [6.45, 7) is 0.409. The fourth-order valence-electron chi connectivity index (χ4n) is 1.61. The van der Waals surface area contributed by atoms with Gasteiger partial charge in [0.1, 0.15) is 11.8 Å². The molecule has 0 fully saturated rings. The SMILES string of the molecule is CSCc1noc(CNc2ncnc3nc[nH]c23)n1. The van der Waals surface area contributed by atoms with Crippen LogP contribution in [0.25, 0.3) is 11.2 Å². The van der Waals surface area contributed by atoms with Gasteiger partial charge in [0.05, 0.1) is 18.6 Å². The van der Waals surface area contributed by atoms with Crippen molar-refractivity contribution in [3.8, 4) is 0 Å². The molecule has 3 rings (SSSR count). The van der Waals surface area contributed by atoms with Crippen LogP contribution in [0.1, 0.15) is 11.7 Å². The lowest BCUT2D eigenvalue weighted by atomic mass is 10.5. The topological polar surface area (TPSA) is 105 Å². The van der Waals surface area contributed by atoms with Gasteiger partial charge < -0.3 is 14.8 Å². The van der Waals surface area contributed by atoms with Crippen molar-refractivity contribution < 1.29 is 4.52 Å². The first-order valence-electron chi connectivity index (χ1n) is 5.55. The molecule has 3 heterocycles. The van der Waals surface area contributed by atoms with E-state index in [1.54, 1.807) is 18.1 Å². The number of anilines is 1. The number of thioether (sulfide) groups is 1. The standard InChI is InChI=1S/C10H11N7OS/c1-19-3-6-16-7(18-17-6)2-11-9-8-10(13-4-12-8)15-5-14-9/h4-5H,2-3H2,1H3,(H2,11,12,13,14,15). The number of aromatic nitrogens is 6. The number of rotatable bonds is 5. The van der Waals surface area contributed by atoms with E-state index in [0.717, 1.165) is 11.3 Å². The zero-order chi connectivity index (χ0) is 13.1. The van der Waals surface area contributed by atoms with E-state index in [0.29, 0.717) is 29.7 Å². The Morgan fingerprint density at radius 1 is 1.37 bits per heavy atom. The summed E-state index contributed by atoms with van der Waals surface area (Å²) in [5.74, 6) is 2.61. The highest BCUT2D eigenvalue weighted by atomic mass is 32.2. The second-order valence-corrected chi connectivity index (χ2v) is 4.58. The minimum Gasteiger partial charge on any atom is -0.359 e. The number of nitrogens with one attached hydrogen (secondary N) is 2. The smallest absolute Gasteiger partial charge is 0.246 e. The van der Waals surface area contributed by atoms with Crippen molar-refractivity contribution in [3.05, 3.63) is 24.4 Å². The predicted molar refractivity (Wildman–Crippen MR) is 70.5 cm³/mol. The van der Waals surface area contributed by atoms with Crippen molar-refractivity contribution in [2.75, 3.05) is 11.6 Å². The van der Waals surface area contributed by atoms with Crippen molar-refractivity contribution in [2.24, 2.45) is 0 Å². The molecule has 0 saturated carbocycles. The third-order valence-corrected chi connectivity index (χ3v) is 2.96. The maximum Gasteiger partial charge on any atom is 0.246 e. The van der Waals surface area contributed by atoms with Crippen LogP contribution in [-0.2, 0) is 12.3 Å². The van der Waals surface area contributed by atoms with Crippen molar-refractivity contribution in [3.63, 3.8) is 0 Å². The quantitative estimate of drug-likeness (QED) is 0.717. The minimum atomic E-state index is 0.409. The highest BCUT2D eigenvalue weighted by Crippen LogP contribution is 2.15. The minimum absolute atomic E-state index is 0.409. The molecule has 0 spiro atoms. The van der Waals surface area contributed by atoms with Gasteiger partial charge in [0.15, 0.2) is 17.3 Å². The Morgan fingerprint density at radius 2 is 2.32 bits per heavy atom. The van der Waals surface area contributed by atoms with Crippen LogP contribution in [0.5, 0.6) is 0 Å². The lowest BCUT2D eigenvalue weighted by molar-refractivity contribution is 0.379. The average Bonchev–Trinajstić information content (AvgIpc) is 3.05. The molecule has 19 heavy (non-hydrogen) atoms. The molecule has 3 aromatic rings. The molecule has 2 N–H and O–H groups in total. The first kappa shape index (κ1) is 11.9. The number of fused-ring (bicyclic) bond motifs is 1. The molecule has 0 aromatic carbocycles. The van der Waals surface area contributed by atoms with Gasteiger partial charge in [0.25, 0.3) is 0 Å². The van der Waals surface area contributed by atoms with Crippen LogP contribution >= 0.6 is 11.8 Å². The number of hydrogen-bond donors (Lipinski definition) is 2. The highest BCUT2D eigenvalue weighted by molar-refractivity contribution is 7.97. The molecule has 0 saturated heterocycles. The predicted octanol–water partition coefficient (Wildman–Crippen LogP) is 1.21. The second-order valence-electron chi connectivity index (χ2n) is 3.71. The summed E-state index contributed by atoms with van der Waals surface area (Å²) < 4.78 is 5.13. The maximum absolute atomic E-state index is 5.13. The lowest BCUT2D eigenvalue weighted by Crippen LogP contribution is -2.03. The fraction of sp³-hybridized carbons (Fsp3) is 0.300. The van der Waals surface area contributed by atoms with Crippen LogP contribution in [0.15, 0.2) is 17.2 Å². The summed E-state index contributed by atoms with van der Waals surface area (Å²) in [5.41, 5.74) is 1.37. The Balaban J connectivity index is 1.73. The molecule has 0 radical (unpaired) electrons. The van der Waals surface area contributed by atoms with E-state index in [4.69, 9.17) is 4.52 Å². The molecule has 0 aliphatic rings. The zero-order valence-electron chi connectivity index (χ0n) is 10.1. The van der Waals surface area contributed by atoms with Gasteiger partial charge in [-0.2, -0.15) is 16.7 Å². The normalized spacial score (nSPS) is 11.0. The third kappa shape index (κ3) is 2.50. The molecular formula is C10H11N7OS. The summed E-state index contributed by atoms with van der Waals surface area (Å²) in [6, 6.07) is 0. The Bertz CT molecular complexity index is 679. The Hall–Kier alpha value is -2.16. The first-order chi connectivity index (χ1) is 9.36. The number of aromatic amines is 1. The molecule has 98 valence electrons. The summed E-state index contributed by atoms with van der Waals surface area (Å²) in [7, 11) is 0. The van der Waals surface area contributed by atoms with Crippen molar-refractivity contribution >= 4 is 28.7 Å². The largest absolute Gasteiger partial charge is 0.359 e. The Kier molecular flexibility index (Phi) is 3.27. The van der Waals surface area contributed by atoms with Gasteiger partial charge in [-0.15, -0.1) is 0 Å². The van der Waals surface area contributed by atoms with Gasteiger partial charge in [-0.3, -0.25) is 0 Å². The van der Waals surface area contributed by atoms with Gasteiger partial charge in [-0.1, -0.05) is 5.16 Å². The fourth-order valence-corrected chi connectivity index (χ4v) is 1.98. The molecule has 3 aromatic heterocycles. The Morgan fingerprint density at radius 3 is 3.21 bits per heavy atom. The lowest BCUT2D eigenvalue weighted by Gasteiger charge is -2.01. The van der Waals surface area contributed by atoms with E-state index in [1.807, 2.05) is 6.26 Å². The van der Waals surface area contributed by atoms with E-state index in [-0.39, 0.29) is 0 Å². The number of nitrogens with zero attached hydrogens (tertiary/aromatic N) is 5. The summed E-state index contributed by atoms with van der Waals surface area (Å²) in [4.78, 5) is 19.5. The van der Waals surface area contributed by atoms with Gasteiger partial charge >= 0.3 is 0 Å². The third-order valence-electron chi connectivity index (χ3n) is 2.41. The molecule has 0 amide bonds. The van der Waals surface area contributed by atoms with Crippen LogP contribution in [0.3, 0.4) is 0 Å². The second kappa shape index (κ2) is 5.22. The molecule has 0 unspecified atom stereocenters. The van der Waals surface area contributed by atoms with Crippen molar-refractivity contribution in [1.29, 1.82) is 0 Å². The molecule has 9 heteroatoms. The number of hydrogen-bond acceptors (Lipinski definition) is 8. The van der Waals surface area contributed by atoms with E-state index in [9.17, 15) is 0 Å². The summed E-state index contributed by atoms with van der Waals surface area (Å²) in [5, 5.41) is 6.99. The van der Waals surface area contributed by atoms with Crippen molar-refractivity contribution in [1.82, 2.24) is 30.1 Å². The van der Waals surface area contributed by atoms with Crippen LogP contribution in [0.2, 0.25) is 0 Å². The van der Waals surface area contributed by atoms with Crippen LogP contribution in [0, 0.1) is 0 Å². The van der Waals surface area contributed by atoms with Gasteiger partial charge in [-0.25, -0.2) is 15.0 Å². The van der Waals surface area contributed by atoms with Crippen molar-refractivity contribution in [2.45, 2.75) is 12.3 Å². The first-order valence-corrected chi connectivity index (χ1v) is 6.94. The summed E-state index contributed by atoms with van der Waals surface area (Å²) in [6.07, 6.45) is 5.02. The van der Waals surface area contributed by atoms with Crippen LogP contribution in [-0.4, -0.2) is 36.3 Å². The van der Waals surface area contributed by atoms with E-state index >= 15 is 0 Å². The number of H-pyrrole nitrogens is 1. The Labute approximate surface area is 112 Å². The molecular weight excluding hydrogens is 266 g/mol. The van der Waals surface area contributed by atoms with Gasteiger partial charge in [-0.05, 0) is 6.26 Å². The van der Waals surface area contributed by atoms with E-state index in [2.05, 4.69) is 35.4 Å². The van der Waals surface area contributed by atoms with Crippen LogP contribution < -0.4 is 5.32 Å². The maximum atomic E-state index is 5.13. The van der Waals surface area contributed by atoms with Gasteiger partial charge in [0, 0.05) is 0 Å². The molecule has 0 bridgehead atoms. The highest BCUT2D eigenvalue weighted by Gasteiger charge is 2.08. The van der Waals surface area contributed by atoms with E-state index < -0.39 is 0 Å². The molecule has 0 atom stereocenters.